The third-order valence-corrected chi connectivity index (χ3v) is 3.96. The number of halogens is 3. The van der Waals surface area contributed by atoms with Crippen LogP contribution in [-0.4, -0.2) is 17.1 Å². The first-order valence-electron chi connectivity index (χ1n) is 6.42. The van der Waals surface area contributed by atoms with Gasteiger partial charge >= 0.3 is 6.18 Å². The maximum Gasteiger partial charge on any atom is 0.421 e. The van der Waals surface area contributed by atoms with Crippen molar-refractivity contribution in [1.82, 2.24) is 0 Å². The highest BCUT2D eigenvalue weighted by Crippen LogP contribution is 2.41. The van der Waals surface area contributed by atoms with Gasteiger partial charge in [-0.2, -0.15) is 13.2 Å². The van der Waals surface area contributed by atoms with E-state index < -0.39 is 24.0 Å². The van der Waals surface area contributed by atoms with Crippen LogP contribution in [0.4, 0.5) is 13.2 Å². The van der Waals surface area contributed by atoms with Crippen LogP contribution in [0.15, 0.2) is 53.9 Å². The number of carbonyl (C=O) groups excluding carboxylic acids is 1. The summed E-state index contributed by atoms with van der Waals surface area (Å²) in [6.07, 6.45) is -3.50. The average molecular weight is 326 g/mol. The van der Waals surface area contributed by atoms with E-state index in [1.807, 2.05) is 0 Å². The van der Waals surface area contributed by atoms with Crippen molar-refractivity contribution >= 4 is 23.2 Å². The Balaban J connectivity index is 2.23. The lowest BCUT2D eigenvalue weighted by Gasteiger charge is -2.30. The molecule has 0 bridgehead atoms. The van der Waals surface area contributed by atoms with Crippen molar-refractivity contribution < 1.29 is 23.1 Å². The molecule has 1 aromatic carbocycles. The third kappa shape index (κ3) is 3.64. The maximum atomic E-state index is 13.2. The highest BCUT2D eigenvalue weighted by molar-refractivity contribution is 7.10. The lowest BCUT2D eigenvalue weighted by molar-refractivity contribution is -0.266. The second kappa shape index (κ2) is 6.46. The van der Waals surface area contributed by atoms with E-state index in [0.717, 1.165) is 23.1 Å². The van der Waals surface area contributed by atoms with Gasteiger partial charge in [-0.25, -0.2) is 0 Å². The van der Waals surface area contributed by atoms with Crippen molar-refractivity contribution in [2.24, 2.45) is 0 Å². The molecule has 2 nitrogen and oxygen atoms in total. The molecule has 1 unspecified atom stereocenters. The van der Waals surface area contributed by atoms with E-state index in [9.17, 15) is 23.1 Å². The Bertz CT molecular complexity index is 648. The number of aliphatic hydroxyl groups is 1. The molecular weight excluding hydrogens is 313 g/mol. The van der Waals surface area contributed by atoms with E-state index in [-0.39, 0.29) is 5.56 Å². The first kappa shape index (κ1) is 16.5. The molecule has 0 aliphatic carbocycles. The van der Waals surface area contributed by atoms with Gasteiger partial charge in [0, 0.05) is 4.88 Å². The summed E-state index contributed by atoms with van der Waals surface area (Å²) in [4.78, 5) is 12.6. The monoisotopic (exact) mass is 326 g/mol. The summed E-state index contributed by atoms with van der Waals surface area (Å²) in [5.74, 6) is -0.794. The zero-order valence-electron chi connectivity index (χ0n) is 11.4. The van der Waals surface area contributed by atoms with Crippen LogP contribution in [0.25, 0.3) is 6.08 Å². The van der Waals surface area contributed by atoms with Crippen LogP contribution in [-0.2, 0) is 10.4 Å². The van der Waals surface area contributed by atoms with E-state index >= 15 is 0 Å². The third-order valence-electron chi connectivity index (χ3n) is 3.13. The molecule has 1 heterocycles. The summed E-state index contributed by atoms with van der Waals surface area (Å²) in [5, 5.41) is 11.9. The van der Waals surface area contributed by atoms with Crippen LogP contribution >= 0.6 is 11.3 Å². The Morgan fingerprint density at radius 2 is 1.82 bits per heavy atom. The first-order valence-corrected chi connectivity index (χ1v) is 7.30. The smallest absolute Gasteiger partial charge is 0.376 e. The van der Waals surface area contributed by atoms with Gasteiger partial charge in [0.05, 0.1) is 6.42 Å². The number of allylic oxidation sites excluding steroid dienone is 1. The number of alkyl halides is 3. The topological polar surface area (TPSA) is 37.3 Å². The van der Waals surface area contributed by atoms with E-state index in [4.69, 9.17) is 0 Å². The Morgan fingerprint density at radius 3 is 2.36 bits per heavy atom. The van der Waals surface area contributed by atoms with Crippen LogP contribution in [0.2, 0.25) is 0 Å². The van der Waals surface area contributed by atoms with Gasteiger partial charge in [-0.15, -0.1) is 11.3 Å². The fraction of sp³-hybridized carbons (Fsp3) is 0.188. The molecule has 0 amide bonds. The van der Waals surface area contributed by atoms with Crippen LogP contribution in [0.3, 0.4) is 0 Å². The standard InChI is InChI=1S/C16H13F3O2S/c17-16(18,19)15(21,12-5-2-1-3-6-12)11-13(20)8-9-14-7-4-10-22-14/h1-10,21H,11H2/b9-8+. The number of ketones is 1. The fourth-order valence-electron chi connectivity index (χ4n) is 1.95. The molecule has 1 aromatic heterocycles. The van der Waals surface area contributed by atoms with Gasteiger partial charge in [-0.1, -0.05) is 36.4 Å². The predicted molar refractivity (Wildman–Crippen MR) is 79.4 cm³/mol. The minimum atomic E-state index is -4.94. The van der Waals surface area contributed by atoms with Crippen molar-refractivity contribution in [3.05, 3.63) is 64.4 Å². The SMILES string of the molecule is O=C(/C=C/c1cccs1)CC(O)(c1ccccc1)C(F)(F)F. The molecule has 1 N–H and O–H groups in total. The summed E-state index contributed by atoms with van der Waals surface area (Å²) in [7, 11) is 0. The summed E-state index contributed by atoms with van der Waals surface area (Å²) in [6.45, 7) is 0. The van der Waals surface area contributed by atoms with Crippen molar-refractivity contribution in [1.29, 1.82) is 0 Å². The van der Waals surface area contributed by atoms with Crippen molar-refractivity contribution in [2.45, 2.75) is 18.2 Å². The Morgan fingerprint density at radius 1 is 1.14 bits per heavy atom. The maximum absolute atomic E-state index is 13.2. The second-order valence-electron chi connectivity index (χ2n) is 4.72. The fourth-order valence-corrected chi connectivity index (χ4v) is 2.57. The molecular formula is C16H13F3O2S. The molecule has 0 saturated heterocycles. The Kier molecular flexibility index (Phi) is 4.83. The van der Waals surface area contributed by atoms with Crippen LogP contribution in [0, 0.1) is 0 Å². The number of hydrogen-bond donors (Lipinski definition) is 1. The number of rotatable bonds is 5. The molecule has 116 valence electrons. The molecule has 0 saturated carbocycles. The van der Waals surface area contributed by atoms with E-state index in [1.165, 1.54) is 29.5 Å². The molecule has 2 aromatic rings. The summed E-state index contributed by atoms with van der Waals surface area (Å²) >= 11 is 1.36. The zero-order valence-corrected chi connectivity index (χ0v) is 12.2. The second-order valence-corrected chi connectivity index (χ2v) is 5.70. The van der Waals surface area contributed by atoms with Gasteiger partial charge in [-0.3, -0.25) is 4.79 Å². The van der Waals surface area contributed by atoms with Crippen molar-refractivity contribution in [2.75, 3.05) is 0 Å². The lowest BCUT2D eigenvalue weighted by atomic mass is 9.88. The van der Waals surface area contributed by atoms with E-state index in [2.05, 4.69) is 0 Å². The van der Waals surface area contributed by atoms with Crippen LogP contribution < -0.4 is 0 Å². The summed E-state index contributed by atoms with van der Waals surface area (Å²) in [5.41, 5.74) is -3.54. The Labute approximate surface area is 129 Å². The van der Waals surface area contributed by atoms with Crippen LogP contribution in [0.1, 0.15) is 16.9 Å². The first-order chi connectivity index (χ1) is 10.3. The van der Waals surface area contributed by atoms with Crippen molar-refractivity contribution in [3.63, 3.8) is 0 Å². The normalized spacial score (nSPS) is 14.9. The number of carbonyl (C=O) groups is 1. The van der Waals surface area contributed by atoms with Gasteiger partial charge in [-0.05, 0) is 29.2 Å². The average Bonchev–Trinajstić information content (AvgIpc) is 2.98. The van der Waals surface area contributed by atoms with Gasteiger partial charge < -0.3 is 5.11 Å². The van der Waals surface area contributed by atoms with Gasteiger partial charge in [0.2, 0.25) is 0 Å². The number of hydrogen-bond acceptors (Lipinski definition) is 3. The summed E-state index contributed by atoms with van der Waals surface area (Å²) < 4.78 is 39.7. The van der Waals surface area contributed by atoms with E-state index in [1.54, 1.807) is 23.6 Å². The molecule has 6 heteroatoms. The molecule has 0 spiro atoms. The molecule has 22 heavy (non-hydrogen) atoms. The minimum Gasteiger partial charge on any atom is -0.376 e. The summed E-state index contributed by atoms with van der Waals surface area (Å²) in [6, 6.07) is 10.1. The Hall–Kier alpha value is -1.92. The zero-order chi connectivity index (χ0) is 16.2. The molecule has 0 aliphatic rings. The lowest BCUT2D eigenvalue weighted by Crippen LogP contribution is -2.43. The van der Waals surface area contributed by atoms with E-state index in [0.29, 0.717) is 0 Å². The van der Waals surface area contributed by atoms with Gasteiger partial charge in [0.25, 0.3) is 0 Å². The molecule has 0 aliphatic heterocycles. The quantitative estimate of drug-likeness (QED) is 0.837. The molecule has 1 atom stereocenters. The van der Waals surface area contributed by atoms with Gasteiger partial charge in [0.15, 0.2) is 11.4 Å². The highest BCUT2D eigenvalue weighted by atomic mass is 32.1. The molecule has 0 radical (unpaired) electrons. The highest BCUT2D eigenvalue weighted by Gasteiger charge is 2.55. The molecule has 0 fully saturated rings. The van der Waals surface area contributed by atoms with Gasteiger partial charge in [0.1, 0.15) is 0 Å². The minimum absolute atomic E-state index is 0.347. The van der Waals surface area contributed by atoms with Crippen molar-refractivity contribution in [3.8, 4) is 0 Å². The number of thiophene rings is 1. The predicted octanol–water partition coefficient (Wildman–Crippen LogP) is 4.17. The molecule has 2 rings (SSSR count). The number of benzene rings is 1. The largest absolute Gasteiger partial charge is 0.421 e. The van der Waals surface area contributed by atoms with Crippen LogP contribution in [0.5, 0.6) is 0 Å².